The molecule has 5 heteroatoms. The van der Waals surface area contributed by atoms with Crippen molar-refractivity contribution in [3.63, 3.8) is 0 Å². The average Bonchev–Trinajstić information content (AvgIpc) is 2.39. The molecule has 98 valence electrons. The molecule has 0 heterocycles. The minimum Gasteiger partial charge on any atom is -0.488 e. The molecule has 1 unspecified atom stereocenters. The van der Waals surface area contributed by atoms with Crippen molar-refractivity contribution in [2.75, 3.05) is 20.3 Å². The van der Waals surface area contributed by atoms with E-state index < -0.39 is 12.2 Å². The van der Waals surface area contributed by atoms with E-state index in [1.54, 1.807) is 30.3 Å². The van der Waals surface area contributed by atoms with E-state index in [9.17, 15) is 4.79 Å². The van der Waals surface area contributed by atoms with Crippen molar-refractivity contribution in [1.82, 2.24) is 0 Å². The van der Waals surface area contributed by atoms with Crippen LogP contribution in [0.25, 0.3) is 0 Å². The summed E-state index contributed by atoms with van der Waals surface area (Å²) >= 11 is 0. The Bertz CT molecular complexity index is 406. The van der Waals surface area contributed by atoms with Crippen LogP contribution in [-0.2, 0) is 9.47 Å². The SMILES string of the molecule is C=CCOC(COc1cccc(C(N)=O)c1)OC. The zero-order valence-electron chi connectivity index (χ0n) is 10.3. The first-order valence-electron chi connectivity index (χ1n) is 5.45. The number of nitrogens with two attached hydrogens (primary N) is 1. The van der Waals surface area contributed by atoms with Gasteiger partial charge in [0.15, 0.2) is 6.29 Å². The van der Waals surface area contributed by atoms with Gasteiger partial charge >= 0.3 is 0 Å². The van der Waals surface area contributed by atoms with Crippen LogP contribution >= 0.6 is 0 Å². The molecule has 0 bridgehead atoms. The Labute approximate surface area is 106 Å². The van der Waals surface area contributed by atoms with Gasteiger partial charge in [-0.25, -0.2) is 0 Å². The number of ether oxygens (including phenoxy) is 3. The van der Waals surface area contributed by atoms with Crippen LogP contribution in [0.2, 0.25) is 0 Å². The molecule has 1 aromatic carbocycles. The Hall–Kier alpha value is -1.85. The summed E-state index contributed by atoms with van der Waals surface area (Å²) in [5, 5.41) is 0. The molecule has 5 nitrogen and oxygen atoms in total. The Balaban J connectivity index is 2.53. The Morgan fingerprint density at radius 3 is 2.94 bits per heavy atom. The molecule has 2 N–H and O–H groups in total. The predicted octanol–water partition coefficient (Wildman–Crippen LogP) is 1.34. The van der Waals surface area contributed by atoms with Crippen LogP contribution in [-0.4, -0.2) is 32.5 Å². The van der Waals surface area contributed by atoms with Gasteiger partial charge in [0.05, 0.1) is 6.61 Å². The third-order valence-corrected chi connectivity index (χ3v) is 2.17. The van der Waals surface area contributed by atoms with Crippen LogP contribution in [0.5, 0.6) is 5.75 Å². The van der Waals surface area contributed by atoms with Gasteiger partial charge in [-0.15, -0.1) is 6.58 Å². The van der Waals surface area contributed by atoms with Crippen LogP contribution in [0.15, 0.2) is 36.9 Å². The van der Waals surface area contributed by atoms with E-state index in [2.05, 4.69) is 6.58 Å². The van der Waals surface area contributed by atoms with Crippen molar-refractivity contribution < 1.29 is 19.0 Å². The zero-order chi connectivity index (χ0) is 13.4. The van der Waals surface area contributed by atoms with Crippen LogP contribution in [0.4, 0.5) is 0 Å². The lowest BCUT2D eigenvalue weighted by Crippen LogP contribution is -2.24. The van der Waals surface area contributed by atoms with Crippen molar-refractivity contribution in [3.8, 4) is 5.75 Å². The standard InChI is InChI=1S/C13H17NO4/c1-3-7-17-12(16-2)9-18-11-6-4-5-10(8-11)13(14)15/h3-6,8,12H,1,7,9H2,2H3,(H2,14,15). The molecule has 0 spiro atoms. The fourth-order valence-electron chi connectivity index (χ4n) is 1.26. The predicted molar refractivity (Wildman–Crippen MR) is 67.4 cm³/mol. The minimum absolute atomic E-state index is 0.215. The number of hydrogen-bond acceptors (Lipinski definition) is 4. The molecular weight excluding hydrogens is 234 g/mol. The number of amides is 1. The van der Waals surface area contributed by atoms with Gasteiger partial charge in [-0.3, -0.25) is 4.79 Å². The van der Waals surface area contributed by atoms with Crippen molar-refractivity contribution in [1.29, 1.82) is 0 Å². The summed E-state index contributed by atoms with van der Waals surface area (Å²) in [6.45, 7) is 4.14. The van der Waals surface area contributed by atoms with Gasteiger partial charge in [-0.1, -0.05) is 12.1 Å². The summed E-state index contributed by atoms with van der Waals surface area (Å²) in [6.07, 6.45) is 1.14. The Morgan fingerprint density at radius 2 is 2.33 bits per heavy atom. The van der Waals surface area contributed by atoms with E-state index in [0.29, 0.717) is 17.9 Å². The number of benzene rings is 1. The second-order valence-corrected chi connectivity index (χ2v) is 3.49. The van der Waals surface area contributed by atoms with Gasteiger partial charge in [0.1, 0.15) is 12.4 Å². The van der Waals surface area contributed by atoms with Crippen molar-refractivity contribution in [2.45, 2.75) is 6.29 Å². The van der Waals surface area contributed by atoms with E-state index in [4.69, 9.17) is 19.9 Å². The van der Waals surface area contributed by atoms with Gasteiger partial charge in [0.2, 0.25) is 5.91 Å². The summed E-state index contributed by atoms with van der Waals surface area (Å²) in [6, 6.07) is 6.62. The molecule has 0 aliphatic rings. The monoisotopic (exact) mass is 251 g/mol. The lowest BCUT2D eigenvalue weighted by Gasteiger charge is -2.16. The van der Waals surface area contributed by atoms with Crippen molar-refractivity contribution in [3.05, 3.63) is 42.5 Å². The van der Waals surface area contributed by atoms with Crippen molar-refractivity contribution >= 4 is 5.91 Å². The number of primary amides is 1. The molecule has 0 aromatic heterocycles. The van der Waals surface area contributed by atoms with E-state index in [1.807, 2.05) is 0 Å². The lowest BCUT2D eigenvalue weighted by molar-refractivity contribution is -0.133. The molecule has 1 atom stereocenters. The van der Waals surface area contributed by atoms with Gasteiger partial charge in [0.25, 0.3) is 0 Å². The van der Waals surface area contributed by atoms with Gasteiger partial charge in [-0.05, 0) is 18.2 Å². The second-order valence-electron chi connectivity index (χ2n) is 3.49. The lowest BCUT2D eigenvalue weighted by atomic mass is 10.2. The second kappa shape index (κ2) is 7.47. The Morgan fingerprint density at radius 1 is 1.56 bits per heavy atom. The Kier molecular flexibility index (Phi) is 5.90. The normalized spacial score (nSPS) is 11.8. The molecule has 0 fully saturated rings. The summed E-state index contributed by atoms with van der Waals surface area (Å²) < 4.78 is 15.8. The number of methoxy groups -OCH3 is 1. The highest BCUT2D eigenvalue weighted by atomic mass is 16.7. The average molecular weight is 251 g/mol. The maximum Gasteiger partial charge on any atom is 0.248 e. The molecule has 0 radical (unpaired) electrons. The van der Waals surface area contributed by atoms with E-state index in [1.165, 1.54) is 7.11 Å². The summed E-state index contributed by atoms with van der Waals surface area (Å²) in [7, 11) is 1.52. The third-order valence-electron chi connectivity index (χ3n) is 2.17. The summed E-state index contributed by atoms with van der Waals surface area (Å²) in [5.74, 6) is 0.0437. The van der Waals surface area contributed by atoms with Gasteiger partial charge in [-0.2, -0.15) is 0 Å². The maximum absolute atomic E-state index is 11.0. The highest BCUT2D eigenvalue weighted by Crippen LogP contribution is 2.13. The maximum atomic E-state index is 11.0. The fourth-order valence-corrected chi connectivity index (χ4v) is 1.26. The summed E-state index contributed by atoms with van der Waals surface area (Å²) in [4.78, 5) is 11.0. The summed E-state index contributed by atoms with van der Waals surface area (Å²) in [5.41, 5.74) is 5.57. The van der Waals surface area contributed by atoms with Gasteiger partial charge in [0, 0.05) is 12.7 Å². The molecule has 1 rings (SSSR count). The van der Waals surface area contributed by atoms with Gasteiger partial charge < -0.3 is 19.9 Å². The molecular formula is C13H17NO4. The van der Waals surface area contributed by atoms with Crippen LogP contribution in [0.3, 0.4) is 0 Å². The molecule has 0 aliphatic carbocycles. The number of hydrogen-bond donors (Lipinski definition) is 1. The first kappa shape index (κ1) is 14.2. The molecule has 1 amide bonds. The van der Waals surface area contributed by atoms with E-state index >= 15 is 0 Å². The first-order valence-corrected chi connectivity index (χ1v) is 5.45. The largest absolute Gasteiger partial charge is 0.488 e. The number of carbonyl (C=O) groups excluding carboxylic acids is 1. The molecule has 1 aromatic rings. The van der Waals surface area contributed by atoms with E-state index in [0.717, 1.165) is 0 Å². The number of carbonyl (C=O) groups is 1. The van der Waals surface area contributed by atoms with Crippen molar-refractivity contribution in [2.24, 2.45) is 5.73 Å². The molecule has 0 aliphatic heterocycles. The van der Waals surface area contributed by atoms with Crippen LogP contribution in [0, 0.1) is 0 Å². The highest BCUT2D eigenvalue weighted by molar-refractivity contribution is 5.93. The minimum atomic E-state index is -0.494. The quantitative estimate of drug-likeness (QED) is 0.559. The first-order chi connectivity index (χ1) is 8.67. The topological polar surface area (TPSA) is 70.8 Å². The smallest absolute Gasteiger partial charge is 0.248 e. The molecule has 0 saturated carbocycles. The molecule has 18 heavy (non-hydrogen) atoms. The molecule has 0 saturated heterocycles. The zero-order valence-corrected chi connectivity index (χ0v) is 10.3. The van der Waals surface area contributed by atoms with Crippen LogP contribution in [0.1, 0.15) is 10.4 Å². The third kappa shape index (κ3) is 4.57. The highest BCUT2D eigenvalue weighted by Gasteiger charge is 2.08. The van der Waals surface area contributed by atoms with Crippen LogP contribution < -0.4 is 10.5 Å². The fraction of sp³-hybridized carbons (Fsp3) is 0.308. The van der Waals surface area contributed by atoms with E-state index in [-0.39, 0.29) is 6.61 Å². The number of rotatable bonds is 8.